The van der Waals surface area contributed by atoms with Crippen LogP contribution in [0.1, 0.15) is 5.56 Å². The lowest BCUT2D eigenvalue weighted by atomic mass is 10.2. The number of ether oxygens (including phenoxy) is 2. The molecule has 3 heterocycles. The molecule has 0 bridgehead atoms. The van der Waals surface area contributed by atoms with Crippen molar-refractivity contribution in [2.24, 2.45) is 0 Å². The highest BCUT2D eigenvalue weighted by molar-refractivity contribution is 7.13. The van der Waals surface area contributed by atoms with Gasteiger partial charge >= 0.3 is 6.01 Å². The van der Waals surface area contributed by atoms with Crippen LogP contribution in [0.4, 0.5) is 6.01 Å². The molecule has 6 nitrogen and oxygen atoms in total. The van der Waals surface area contributed by atoms with Gasteiger partial charge in [0.15, 0.2) is 11.5 Å². The minimum absolute atomic E-state index is 0.401. The van der Waals surface area contributed by atoms with Gasteiger partial charge in [0.05, 0.1) is 4.88 Å². The van der Waals surface area contributed by atoms with Gasteiger partial charge in [0.1, 0.15) is 13.2 Å². The molecule has 4 rings (SSSR count). The number of hydrogen-bond acceptors (Lipinski definition) is 7. The zero-order valence-corrected chi connectivity index (χ0v) is 12.4. The number of aromatic nitrogens is 2. The van der Waals surface area contributed by atoms with Crippen molar-refractivity contribution in [3.8, 4) is 22.3 Å². The highest BCUT2D eigenvalue weighted by atomic mass is 32.1. The Morgan fingerprint density at radius 1 is 1.09 bits per heavy atom. The molecule has 0 radical (unpaired) electrons. The van der Waals surface area contributed by atoms with Crippen molar-refractivity contribution < 1.29 is 13.9 Å². The quantitative estimate of drug-likeness (QED) is 0.797. The lowest BCUT2D eigenvalue weighted by Gasteiger charge is -2.18. The highest BCUT2D eigenvalue weighted by Crippen LogP contribution is 2.31. The summed E-state index contributed by atoms with van der Waals surface area (Å²) in [5, 5.41) is 13.1. The van der Waals surface area contributed by atoms with Crippen LogP contribution in [0, 0.1) is 0 Å². The van der Waals surface area contributed by atoms with Gasteiger partial charge in [0.2, 0.25) is 0 Å². The highest BCUT2D eigenvalue weighted by Gasteiger charge is 2.12. The van der Waals surface area contributed by atoms with Crippen molar-refractivity contribution in [2.75, 3.05) is 18.5 Å². The molecule has 2 aromatic heterocycles. The maximum absolute atomic E-state index is 5.58. The molecular weight excluding hydrogens is 302 g/mol. The van der Waals surface area contributed by atoms with Gasteiger partial charge in [0, 0.05) is 6.54 Å². The van der Waals surface area contributed by atoms with E-state index in [4.69, 9.17) is 13.9 Å². The topological polar surface area (TPSA) is 69.4 Å². The van der Waals surface area contributed by atoms with Crippen LogP contribution in [-0.2, 0) is 6.54 Å². The summed E-state index contributed by atoms with van der Waals surface area (Å²) in [4.78, 5) is 0.958. The molecule has 1 N–H and O–H groups in total. The van der Waals surface area contributed by atoms with Gasteiger partial charge in [-0.3, -0.25) is 0 Å². The molecule has 0 amide bonds. The predicted octanol–water partition coefficient (Wildman–Crippen LogP) is 3.18. The number of nitrogens with one attached hydrogen (secondary N) is 1. The molecule has 7 heteroatoms. The van der Waals surface area contributed by atoms with Crippen LogP contribution in [0.15, 0.2) is 40.1 Å². The number of rotatable bonds is 4. The van der Waals surface area contributed by atoms with Crippen molar-refractivity contribution in [1.29, 1.82) is 0 Å². The van der Waals surface area contributed by atoms with E-state index in [9.17, 15) is 0 Å². The van der Waals surface area contributed by atoms with E-state index in [1.807, 2.05) is 35.7 Å². The average molecular weight is 315 g/mol. The second-order valence-electron chi connectivity index (χ2n) is 4.72. The summed E-state index contributed by atoms with van der Waals surface area (Å²) in [6.07, 6.45) is 0. The number of hydrogen-bond donors (Lipinski definition) is 1. The molecule has 0 aliphatic carbocycles. The smallest absolute Gasteiger partial charge is 0.316 e. The fourth-order valence-electron chi connectivity index (χ4n) is 2.17. The molecular formula is C15H13N3O3S. The molecule has 0 saturated carbocycles. The van der Waals surface area contributed by atoms with E-state index in [1.165, 1.54) is 0 Å². The van der Waals surface area contributed by atoms with Gasteiger partial charge in [-0.2, -0.15) is 0 Å². The van der Waals surface area contributed by atoms with Gasteiger partial charge in [-0.05, 0) is 29.1 Å². The third-order valence-corrected chi connectivity index (χ3v) is 4.07. The van der Waals surface area contributed by atoms with Gasteiger partial charge in [0.25, 0.3) is 5.89 Å². The first-order valence-electron chi connectivity index (χ1n) is 6.88. The zero-order valence-electron chi connectivity index (χ0n) is 11.6. The number of benzene rings is 1. The summed E-state index contributed by atoms with van der Waals surface area (Å²) in [5.74, 6) is 2.09. The van der Waals surface area contributed by atoms with Gasteiger partial charge in [-0.1, -0.05) is 17.2 Å². The summed E-state index contributed by atoms with van der Waals surface area (Å²) in [6.45, 7) is 1.75. The molecule has 0 atom stereocenters. The summed E-state index contributed by atoms with van der Waals surface area (Å²) < 4.78 is 16.7. The van der Waals surface area contributed by atoms with Crippen molar-refractivity contribution in [2.45, 2.75) is 6.54 Å². The molecule has 112 valence electrons. The first-order valence-corrected chi connectivity index (χ1v) is 7.76. The van der Waals surface area contributed by atoms with Crippen LogP contribution >= 0.6 is 11.3 Å². The average Bonchev–Trinajstić information content (AvgIpc) is 3.24. The van der Waals surface area contributed by atoms with Crippen molar-refractivity contribution >= 4 is 17.4 Å². The lowest BCUT2D eigenvalue weighted by molar-refractivity contribution is 0.171. The molecule has 3 aromatic rings. The van der Waals surface area contributed by atoms with E-state index in [2.05, 4.69) is 15.5 Å². The number of thiophene rings is 1. The van der Waals surface area contributed by atoms with Crippen LogP contribution in [0.25, 0.3) is 10.8 Å². The van der Waals surface area contributed by atoms with E-state index in [1.54, 1.807) is 11.3 Å². The Bertz CT molecular complexity index is 770. The van der Waals surface area contributed by atoms with E-state index in [0.717, 1.165) is 21.9 Å². The van der Waals surface area contributed by atoms with Crippen molar-refractivity contribution in [3.05, 3.63) is 41.3 Å². The third kappa shape index (κ3) is 2.62. The Labute approximate surface area is 130 Å². The minimum atomic E-state index is 0.401. The Morgan fingerprint density at radius 2 is 2.00 bits per heavy atom. The molecule has 0 unspecified atom stereocenters. The third-order valence-electron chi connectivity index (χ3n) is 3.21. The van der Waals surface area contributed by atoms with Gasteiger partial charge in [-0.15, -0.1) is 16.4 Å². The lowest BCUT2D eigenvalue weighted by Crippen LogP contribution is -2.15. The van der Waals surface area contributed by atoms with Crippen LogP contribution in [-0.4, -0.2) is 23.4 Å². The summed E-state index contributed by atoms with van der Waals surface area (Å²) in [6, 6.07) is 10.2. The normalized spacial score (nSPS) is 13.1. The maximum Gasteiger partial charge on any atom is 0.316 e. The molecule has 22 heavy (non-hydrogen) atoms. The fourth-order valence-corrected chi connectivity index (χ4v) is 2.81. The summed E-state index contributed by atoms with van der Waals surface area (Å²) in [7, 11) is 0. The van der Waals surface area contributed by atoms with E-state index < -0.39 is 0 Å². The Balaban J connectivity index is 1.44. The summed E-state index contributed by atoms with van der Waals surface area (Å²) >= 11 is 1.56. The van der Waals surface area contributed by atoms with Crippen molar-refractivity contribution in [1.82, 2.24) is 10.2 Å². The van der Waals surface area contributed by atoms with Crippen LogP contribution < -0.4 is 14.8 Å². The zero-order chi connectivity index (χ0) is 14.8. The molecule has 1 aliphatic heterocycles. The minimum Gasteiger partial charge on any atom is -0.486 e. The predicted molar refractivity (Wildman–Crippen MR) is 82.4 cm³/mol. The largest absolute Gasteiger partial charge is 0.486 e. The maximum atomic E-state index is 5.58. The second kappa shape index (κ2) is 5.69. The van der Waals surface area contributed by atoms with Gasteiger partial charge in [-0.25, -0.2) is 0 Å². The molecule has 0 fully saturated rings. The Hall–Kier alpha value is -2.54. The first-order chi connectivity index (χ1) is 10.9. The fraction of sp³-hybridized carbons (Fsp3) is 0.200. The molecule has 0 saturated heterocycles. The molecule has 1 aromatic carbocycles. The summed E-state index contributed by atoms with van der Waals surface area (Å²) in [5.41, 5.74) is 1.06. The number of nitrogens with zero attached hydrogens (tertiary/aromatic N) is 2. The van der Waals surface area contributed by atoms with Crippen molar-refractivity contribution in [3.63, 3.8) is 0 Å². The van der Waals surface area contributed by atoms with Crippen LogP contribution in [0.3, 0.4) is 0 Å². The van der Waals surface area contributed by atoms with Crippen LogP contribution in [0.5, 0.6) is 11.5 Å². The van der Waals surface area contributed by atoms with E-state index in [-0.39, 0.29) is 0 Å². The van der Waals surface area contributed by atoms with E-state index in [0.29, 0.717) is 31.7 Å². The van der Waals surface area contributed by atoms with E-state index >= 15 is 0 Å². The first kappa shape index (κ1) is 13.1. The standard InChI is InChI=1S/C15H13N3O3S/c1-2-13(22-7-1)14-17-18-15(21-14)16-9-10-3-4-11-12(8-10)20-6-5-19-11/h1-4,7-8H,5-6,9H2,(H,16,18). The number of fused-ring (bicyclic) bond motifs is 1. The molecule has 1 aliphatic rings. The molecule has 0 spiro atoms. The SMILES string of the molecule is c1csc(-c2nnc(NCc3ccc4c(c3)OCCO4)o2)c1. The Kier molecular flexibility index (Phi) is 3.40. The second-order valence-corrected chi connectivity index (χ2v) is 5.67. The monoisotopic (exact) mass is 315 g/mol. The van der Waals surface area contributed by atoms with Crippen LogP contribution in [0.2, 0.25) is 0 Å². The Morgan fingerprint density at radius 3 is 2.86 bits per heavy atom. The van der Waals surface area contributed by atoms with Gasteiger partial charge < -0.3 is 19.2 Å². The number of anilines is 1.